The molecule has 1 N–H and O–H groups in total. The molecule has 0 saturated carbocycles. The van der Waals surface area contributed by atoms with Gasteiger partial charge in [-0.05, 0) is 6.07 Å². The second kappa shape index (κ2) is 3.95. The number of hydrogen-bond acceptors (Lipinski definition) is 0. The monoisotopic (exact) mass is 213 g/mol. The summed E-state index contributed by atoms with van der Waals surface area (Å²) in [4.78, 5) is 3.25. The molecule has 0 spiro atoms. The largest absolute Gasteiger partial charge is 1.00 e. The highest BCUT2D eigenvalue weighted by molar-refractivity contribution is 6.35. The first-order chi connectivity index (χ1) is 5.77. The van der Waals surface area contributed by atoms with Crippen LogP contribution < -0.4 is 17.4 Å². The van der Waals surface area contributed by atoms with Gasteiger partial charge in [0.25, 0.3) is 0 Å². The van der Waals surface area contributed by atoms with Gasteiger partial charge in [0.1, 0.15) is 0 Å². The Bertz CT molecular complexity index is 426. The molecule has 0 saturated heterocycles. The van der Waals surface area contributed by atoms with Crippen molar-refractivity contribution in [3.8, 4) is 0 Å². The maximum atomic E-state index is 6.04. The van der Waals surface area contributed by atoms with E-state index in [9.17, 15) is 0 Å². The van der Waals surface area contributed by atoms with Crippen molar-refractivity contribution in [1.82, 2.24) is 0 Å². The van der Waals surface area contributed by atoms with E-state index in [1.165, 1.54) is 0 Å². The molecule has 0 aliphatic carbocycles. The summed E-state index contributed by atoms with van der Waals surface area (Å²) in [6.07, 6.45) is 0. The van der Waals surface area contributed by atoms with Crippen molar-refractivity contribution in [2.75, 3.05) is 0 Å². The van der Waals surface area contributed by atoms with Crippen LogP contribution in [0.25, 0.3) is 10.9 Å². The number of para-hydroxylation sites is 1. The summed E-state index contributed by atoms with van der Waals surface area (Å²) in [7, 11) is 0. The molecule has 3 heteroatoms. The van der Waals surface area contributed by atoms with Crippen LogP contribution in [0.2, 0.25) is 5.02 Å². The molecule has 1 heterocycles. The fraction of sp³-hybridized carbons (Fsp3) is 0.100. The molecule has 0 unspecified atom stereocenters. The molecule has 68 valence electrons. The van der Waals surface area contributed by atoms with E-state index in [-0.39, 0.29) is 12.4 Å². The number of hydrogen-bond donors (Lipinski definition) is 0. The third-order valence-electron chi connectivity index (χ3n) is 1.86. The lowest BCUT2D eigenvalue weighted by Gasteiger charge is -1.94. The number of fused-ring (bicyclic) bond motifs is 1. The lowest BCUT2D eigenvalue weighted by atomic mass is 10.2. The molecule has 13 heavy (non-hydrogen) atoms. The van der Waals surface area contributed by atoms with Crippen molar-refractivity contribution >= 4 is 22.5 Å². The molecular formula is C10H9Cl2N. The molecule has 1 aromatic carbocycles. The van der Waals surface area contributed by atoms with Gasteiger partial charge >= 0.3 is 0 Å². The second-order valence-corrected chi connectivity index (χ2v) is 3.25. The molecular weight excluding hydrogens is 205 g/mol. The minimum absolute atomic E-state index is 0. The van der Waals surface area contributed by atoms with Gasteiger partial charge in [0.15, 0.2) is 5.69 Å². The van der Waals surface area contributed by atoms with Crippen LogP contribution in [0.5, 0.6) is 0 Å². The van der Waals surface area contributed by atoms with Crippen LogP contribution in [0, 0.1) is 6.92 Å². The third kappa shape index (κ3) is 1.93. The first-order valence-electron chi connectivity index (χ1n) is 3.84. The van der Waals surface area contributed by atoms with E-state index in [4.69, 9.17) is 11.6 Å². The fourth-order valence-electron chi connectivity index (χ4n) is 1.32. The van der Waals surface area contributed by atoms with Gasteiger partial charge in [0.2, 0.25) is 5.52 Å². The Morgan fingerprint density at radius 2 is 1.92 bits per heavy atom. The van der Waals surface area contributed by atoms with Crippen LogP contribution in [-0.2, 0) is 0 Å². The van der Waals surface area contributed by atoms with Gasteiger partial charge in [-0.2, -0.15) is 0 Å². The SMILES string of the molecule is Cc1cc(Cl)c2ccccc2[nH+]1.[Cl-]. The van der Waals surface area contributed by atoms with Gasteiger partial charge in [-0.15, -0.1) is 0 Å². The Balaban J connectivity index is 0.000000845. The molecule has 0 atom stereocenters. The highest BCUT2D eigenvalue weighted by atomic mass is 35.5. The molecule has 2 aromatic rings. The predicted octanol–water partition coefficient (Wildman–Crippen LogP) is -0.380. The van der Waals surface area contributed by atoms with Crippen molar-refractivity contribution in [2.45, 2.75) is 6.92 Å². The van der Waals surface area contributed by atoms with Gasteiger partial charge in [0, 0.05) is 19.1 Å². The fourth-order valence-corrected chi connectivity index (χ4v) is 1.65. The number of nitrogens with one attached hydrogen (secondary N) is 1. The lowest BCUT2D eigenvalue weighted by Crippen LogP contribution is -3.00. The van der Waals surface area contributed by atoms with E-state index in [0.717, 1.165) is 21.6 Å². The third-order valence-corrected chi connectivity index (χ3v) is 2.17. The maximum absolute atomic E-state index is 6.04. The van der Waals surface area contributed by atoms with Crippen molar-refractivity contribution in [3.05, 3.63) is 41.0 Å². The average Bonchev–Trinajstić information content (AvgIpc) is 2.04. The Morgan fingerprint density at radius 1 is 1.23 bits per heavy atom. The van der Waals surface area contributed by atoms with Crippen LogP contribution in [0.1, 0.15) is 5.69 Å². The Morgan fingerprint density at radius 3 is 2.69 bits per heavy atom. The summed E-state index contributed by atoms with van der Waals surface area (Å²) in [6, 6.07) is 9.94. The van der Waals surface area contributed by atoms with Crippen molar-refractivity contribution < 1.29 is 17.4 Å². The lowest BCUT2D eigenvalue weighted by molar-refractivity contribution is -0.354. The summed E-state index contributed by atoms with van der Waals surface area (Å²) in [6.45, 7) is 2.00. The van der Waals surface area contributed by atoms with Crippen molar-refractivity contribution in [1.29, 1.82) is 0 Å². The number of H-pyrrole nitrogens is 1. The molecule has 0 fully saturated rings. The summed E-state index contributed by atoms with van der Waals surface area (Å²) in [5.74, 6) is 0. The number of rotatable bonds is 0. The number of pyridine rings is 1. The normalized spacial score (nSPS) is 9.69. The quantitative estimate of drug-likeness (QED) is 0.567. The number of aromatic nitrogens is 1. The number of aromatic amines is 1. The van der Waals surface area contributed by atoms with Gasteiger partial charge in [0.05, 0.1) is 10.4 Å². The zero-order valence-electron chi connectivity index (χ0n) is 7.14. The molecule has 0 amide bonds. The number of aryl methyl sites for hydroxylation is 1. The first kappa shape index (κ1) is 10.3. The van der Waals surface area contributed by atoms with Crippen LogP contribution >= 0.6 is 11.6 Å². The standard InChI is InChI=1S/C10H8ClN.ClH/c1-7-6-9(11)8-4-2-3-5-10(8)12-7;/h2-6H,1H3;1H. The smallest absolute Gasteiger partial charge is 0.212 e. The van der Waals surface area contributed by atoms with E-state index in [2.05, 4.69) is 4.98 Å². The van der Waals surface area contributed by atoms with Crippen molar-refractivity contribution in [2.24, 2.45) is 0 Å². The topological polar surface area (TPSA) is 14.1 Å². The Kier molecular flexibility index (Phi) is 3.12. The van der Waals surface area contributed by atoms with Crippen LogP contribution in [-0.4, -0.2) is 0 Å². The summed E-state index contributed by atoms with van der Waals surface area (Å²) >= 11 is 6.04. The van der Waals surface area contributed by atoms with E-state index >= 15 is 0 Å². The predicted molar refractivity (Wildman–Crippen MR) is 50.3 cm³/mol. The van der Waals surface area contributed by atoms with Crippen molar-refractivity contribution in [3.63, 3.8) is 0 Å². The second-order valence-electron chi connectivity index (χ2n) is 2.85. The summed E-state index contributed by atoms with van der Waals surface area (Å²) in [5.41, 5.74) is 2.17. The molecule has 0 aliphatic heterocycles. The first-order valence-corrected chi connectivity index (χ1v) is 4.22. The zero-order chi connectivity index (χ0) is 8.55. The molecule has 0 bridgehead atoms. The molecule has 1 aromatic heterocycles. The van der Waals surface area contributed by atoms with E-state index in [0.29, 0.717) is 0 Å². The number of benzene rings is 1. The van der Waals surface area contributed by atoms with Gasteiger partial charge in [-0.25, -0.2) is 4.98 Å². The van der Waals surface area contributed by atoms with Gasteiger partial charge in [-0.3, -0.25) is 0 Å². The highest BCUT2D eigenvalue weighted by Gasteiger charge is 2.05. The molecule has 0 aliphatic rings. The molecule has 0 radical (unpaired) electrons. The zero-order valence-corrected chi connectivity index (χ0v) is 8.65. The minimum Gasteiger partial charge on any atom is -1.00 e. The minimum atomic E-state index is 0. The Labute approximate surface area is 88.2 Å². The van der Waals surface area contributed by atoms with Gasteiger partial charge in [-0.1, -0.05) is 23.7 Å². The van der Waals surface area contributed by atoms with E-state index in [1.807, 2.05) is 37.3 Å². The average molecular weight is 214 g/mol. The van der Waals surface area contributed by atoms with Gasteiger partial charge < -0.3 is 12.4 Å². The Hall–Kier alpha value is -0.790. The highest BCUT2D eigenvalue weighted by Crippen LogP contribution is 2.19. The number of halogens is 2. The summed E-state index contributed by atoms with van der Waals surface area (Å²) in [5, 5.41) is 1.88. The van der Waals surface area contributed by atoms with Crippen LogP contribution in [0.3, 0.4) is 0 Å². The van der Waals surface area contributed by atoms with Crippen LogP contribution in [0.15, 0.2) is 30.3 Å². The molecule has 1 nitrogen and oxygen atoms in total. The van der Waals surface area contributed by atoms with E-state index < -0.39 is 0 Å². The van der Waals surface area contributed by atoms with E-state index in [1.54, 1.807) is 0 Å². The molecule has 2 rings (SSSR count). The maximum Gasteiger partial charge on any atom is 0.212 e. The van der Waals surface area contributed by atoms with Crippen LogP contribution in [0.4, 0.5) is 0 Å². The summed E-state index contributed by atoms with van der Waals surface area (Å²) < 4.78 is 0.